The Bertz CT molecular complexity index is 614. The summed E-state index contributed by atoms with van der Waals surface area (Å²) in [4.78, 5) is 22.4. The molecule has 1 amide bonds. The molecule has 1 aromatic carbocycles. The number of halogens is 5. The van der Waals surface area contributed by atoms with Crippen LogP contribution in [0.4, 0.5) is 17.6 Å². The molecule has 0 bridgehead atoms. The Kier molecular flexibility index (Phi) is 5.06. The Hall–Kier alpha value is -1.83. The summed E-state index contributed by atoms with van der Waals surface area (Å²) in [6, 6.07) is 2.18. The molecule has 0 aromatic heterocycles. The van der Waals surface area contributed by atoms with Gasteiger partial charge in [-0.15, -0.1) is 0 Å². The Morgan fingerprint density at radius 3 is 2.27 bits per heavy atom. The zero-order chi connectivity index (χ0) is 17.3. The molecule has 2 N–H and O–H groups in total. The summed E-state index contributed by atoms with van der Waals surface area (Å²) in [7, 11) is 0. The van der Waals surface area contributed by atoms with Gasteiger partial charge in [-0.05, 0) is 19.9 Å². The van der Waals surface area contributed by atoms with Gasteiger partial charge in [-0.1, -0.05) is 17.7 Å². The maximum absolute atomic E-state index is 13.9. The predicted molar refractivity (Wildman–Crippen MR) is 70.1 cm³/mol. The van der Waals surface area contributed by atoms with E-state index < -0.39 is 41.4 Å². The van der Waals surface area contributed by atoms with Gasteiger partial charge in [-0.25, -0.2) is 9.18 Å². The van der Waals surface area contributed by atoms with Crippen molar-refractivity contribution in [2.24, 2.45) is 5.41 Å². The predicted octanol–water partition coefficient (Wildman–Crippen LogP) is 3.38. The second-order valence-electron chi connectivity index (χ2n) is 5.01. The lowest BCUT2D eigenvalue weighted by Crippen LogP contribution is -2.46. The molecule has 4 nitrogen and oxygen atoms in total. The average molecular weight is 342 g/mol. The van der Waals surface area contributed by atoms with Gasteiger partial charge in [0.15, 0.2) is 0 Å². The molecule has 0 fully saturated rings. The summed E-state index contributed by atoms with van der Waals surface area (Å²) in [5.41, 5.74) is -3.75. The fourth-order valence-corrected chi connectivity index (χ4v) is 1.68. The van der Waals surface area contributed by atoms with E-state index in [0.717, 1.165) is 12.1 Å². The number of hydrogen-bond donors (Lipinski definition) is 2. The fourth-order valence-electron chi connectivity index (χ4n) is 1.45. The van der Waals surface area contributed by atoms with Crippen molar-refractivity contribution in [2.45, 2.75) is 26.6 Å². The number of carboxylic acid groups (broad SMARTS) is 1. The second kappa shape index (κ2) is 6.12. The molecule has 1 rings (SSSR count). The lowest BCUT2D eigenvalue weighted by Gasteiger charge is -2.26. The molecule has 1 aromatic rings. The van der Waals surface area contributed by atoms with Gasteiger partial charge in [0.25, 0.3) is 0 Å². The summed E-state index contributed by atoms with van der Waals surface area (Å²) in [6.45, 7) is 0.772. The van der Waals surface area contributed by atoms with Gasteiger partial charge < -0.3 is 10.4 Å². The van der Waals surface area contributed by atoms with E-state index in [1.807, 2.05) is 5.32 Å². The topological polar surface area (TPSA) is 66.4 Å². The molecule has 22 heavy (non-hydrogen) atoms. The van der Waals surface area contributed by atoms with Crippen LogP contribution in [0.5, 0.6) is 0 Å². The van der Waals surface area contributed by atoms with Gasteiger partial charge in [-0.3, -0.25) is 4.79 Å². The molecule has 0 atom stereocenters. The van der Waals surface area contributed by atoms with Crippen LogP contribution in [0, 0.1) is 11.2 Å². The maximum atomic E-state index is 13.9. The van der Waals surface area contributed by atoms with Crippen LogP contribution in [0.15, 0.2) is 12.1 Å². The van der Waals surface area contributed by atoms with E-state index in [9.17, 15) is 27.2 Å². The summed E-state index contributed by atoms with van der Waals surface area (Å²) in [5.74, 6) is -4.18. The van der Waals surface area contributed by atoms with Gasteiger partial charge in [0, 0.05) is 12.1 Å². The largest absolute Gasteiger partial charge is 0.478 e. The highest BCUT2D eigenvalue weighted by atomic mass is 35.5. The zero-order valence-electron chi connectivity index (χ0n) is 11.5. The summed E-state index contributed by atoms with van der Waals surface area (Å²) in [5, 5.41) is 10.4. The number of benzene rings is 1. The van der Waals surface area contributed by atoms with Crippen molar-refractivity contribution in [3.63, 3.8) is 0 Å². The van der Waals surface area contributed by atoms with Crippen LogP contribution in [0.3, 0.4) is 0 Å². The van der Waals surface area contributed by atoms with Crippen LogP contribution in [0.2, 0.25) is 5.02 Å². The van der Waals surface area contributed by atoms with E-state index in [1.165, 1.54) is 0 Å². The van der Waals surface area contributed by atoms with Gasteiger partial charge in [0.05, 0.1) is 5.02 Å². The van der Waals surface area contributed by atoms with E-state index in [1.54, 1.807) is 0 Å². The summed E-state index contributed by atoms with van der Waals surface area (Å²) < 4.78 is 52.0. The number of rotatable bonds is 4. The Balaban J connectivity index is 2.97. The van der Waals surface area contributed by atoms with E-state index in [0.29, 0.717) is 13.8 Å². The molecule has 0 spiro atoms. The second-order valence-corrected chi connectivity index (χ2v) is 5.41. The number of amides is 1. The van der Waals surface area contributed by atoms with Gasteiger partial charge in [-0.2, -0.15) is 13.2 Å². The molecule has 0 aliphatic heterocycles. The molecule has 0 radical (unpaired) electrons. The molecule has 0 saturated heterocycles. The summed E-state index contributed by atoms with van der Waals surface area (Å²) >= 11 is 5.53. The average Bonchev–Trinajstić information content (AvgIpc) is 2.35. The van der Waals surface area contributed by atoms with Crippen LogP contribution < -0.4 is 5.32 Å². The van der Waals surface area contributed by atoms with Crippen molar-refractivity contribution < 1.29 is 32.3 Å². The highest BCUT2D eigenvalue weighted by Crippen LogP contribution is 2.37. The van der Waals surface area contributed by atoms with Crippen LogP contribution in [-0.2, 0) is 11.3 Å². The quantitative estimate of drug-likeness (QED) is 0.825. The molecular weight excluding hydrogens is 330 g/mol. The smallest absolute Gasteiger partial charge is 0.402 e. The van der Waals surface area contributed by atoms with Crippen LogP contribution in [-0.4, -0.2) is 23.2 Å². The number of aromatic carboxylic acids is 1. The van der Waals surface area contributed by atoms with E-state index in [4.69, 9.17) is 16.7 Å². The lowest BCUT2D eigenvalue weighted by molar-refractivity contribution is -0.211. The van der Waals surface area contributed by atoms with Crippen LogP contribution >= 0.6 is 11.6 Å². The standard InChI is InChI=1S/C13H12ClF4NO3/c1-12(2,13(16,17)18)11(22)19-5-6-3-4-7(14)8(9(6)15)10(20)21/h3-4H,5H2,1-2H3,(H,19,22)(H,20,21). The van der Waals surface area contributed by atoms with Crippen LogP contribution in [0.25, 0.3) is 0 Å². The number of carbonyl (C=O) groups is 2. The van der Waals surface area contributed by atoms with Crippen molar-refractivity contribution >= 4 is 23.5 Å². The number of nitrogens with one attached hydrogen (secondary N) is 1. The molecular formula is C13H12ClF4NO3. The van der Waals surface area contributed by atoms with Gasteiger partial charge >= 0.3 is 12.1 Å². The zero-order valence-corrected chi connectivity index (χ0v) is 12.3. The lowest BCUT2D eigenvalue weighted by atomic mass is 9.91. The van der Waals surface area contributed by atoms with Crippen molar-refractivity contribution in [1.82, 2.24) is 5.32 Å². The first kappa shape index (κ1) is 18.2. The van der Waals surface area contributed by atoms with Crippen molar-refractivity contribution in [3.8, 4) is 0 Å². The highest BCUT2D eigenvalue weighted by Gasteiger charge is 2.52. The normalized spacial score (nSPS) is 12.1. The molecule has 0 unspecified atom stereocenters. The Morgan fingerprint density at radius 2 is 1.82 bits per heavy atom. The SMILES string of the molecule is CC(C)(C(=O)NCc1ccc(Cl)c(C(=O)O)c1F)C(F)(F)F. The summed E-state index contributed by atoms with van der Waals surface area (Å²) in [6.07, 6.45) is -4.78. The van der Waals surface area contributed by atoms with Crippen molar-refractivity contribution in [2.75, 3.05) is 0 Å². The first-order valence-electron chi connectivity index (χ1n) is 5.94. The molecule has 0 aliphatic carbocycles. The number of carbonyl (C=O) groups excluding carboxylic acids is 1. The molecule has 0 aliphatic rings. The van der Waals surface area contributed by atoms with E-state index in [2.05, 4.69) is 0 Å². The Labute approximate surface area is 128 Å². The first-order valence-corrected chi connectivity index (χ1v) is 6.32. The molecule has 0 saturated carbocycles. The third-order valence-electron chi connectivity index (χ3n) is 3.10. The highest BCUT2D eigenvalue weighted by molar-refractivity contribution is 6.33. The van der Waals surface area contributed by atoms with Crippen molar-refractivity contribution in [3.05, 3.63) is 34.1 Å². The monoisotopic (exact) mass is 341 g/mol. The van der Waals surface area contributed by atoms with Crippen LogP contribution in [0.1, 0.15) is 29.8 Å². The Morgan fingerprint density at radius 1 is 1.27 bits per heavy atom. The third-order valence-corrected chi connectivity index (χ3v) is 3.42. The van der Waals surface area contributed by atoms with Gasteiger partial charge in [0.2, 0.25) is 5.91 Å². The minimum Gasteiger partial charge on any atom is -0.478 e. The third kappa shape index (κ3) is 3.49. The molecule has 0 heterocycles. The molecule has 122 valence electrons. The number of hydrogen-bond acceptors (Lipinski definition) is 2. The van der Waals surface area contributed by atoms with E-state index in [-0.39, 0.29) is 10.6 Å². The number of carboxylic acids is 1. The minimum absolute atomic E-state index is 0.284. The van der Waals surface area contributed by atoms with Gasteiger partial charge in [0.1, 0.15) is 16.8 Å². The maximum Gasteiger partial charge on any atom is 0.402 e. The first-order chi connectivity index (χ1) is 9.89. The van der Waals surface area contributed by atoms with E-state index >= 15 is 0 Å². The van der Waals surface area contributed by atoms with Crippen molar-refractivity contribution in [1.29, 1.82) is 0 Å². The minimum atomic E-state index is -4.78. The fraction of sp³-hybridized carbons (Fsp3) is 0.385. The molecule has 9 heteroatoms. The number of alkyl halides is 3.